The summed E-state index contributed by atoms with van der Waals surface area (Å²) < 4.78 is 16.1. The Hall–Kier alpha value is -2.73. The minimum Gasteiger partial charge on any atom is -0.352 e. The van der Waals surface area contributed by atoms with Crippen LogP contribution in [0.5, 0.6) is 0 Å². The zero-order valence-electron chi connectivity index (χ0n) is 16.7. The summed E-state index contributed by atoms with van der Waals surface area (Å²) in [6.07, 6.45) is 9.87. The number of halogens is 1. The molecule has 2 aliphatic rings. The summed E-state index contributed by atoms with van der Waals surface area (Å²) in [7, 11) is 0. The van der Waals surface area contributed by atoms with Gasteiger partial charge in [-0.25, -0.2) is 4.39 Å². The van der Waals surface area contributed by atoms with Gasteiger partial charge in [0.25, 0.3) is 0 Å². The molecule has 1 N–H and O–H groups in total. The largest absolute Gasteiger partial charge is 0.352 e. The van der Waals surface area contributed by atoms with Crippen LogP contribution < -0.4 is 5.32 Å². The number of thiocarbonyl (C=S) groups is 1. The van der Waals surface area contributed by atoms with E-state index in [0.717, 1.165) is 35.0 Å². The molecule has 6 heteroatoms. The molecule has 0 spiro atoms. The number of nitrogens with one attached hydrogen (secondary N) is 1. The molecule has 2 aromatic heterocycles. The Labute approximate surface area is 181 Å². The van der Waals surface area contributed by atoms with Crippen LogP contribution in [0.2, 0.25) is 0 Å². The summed E-state index contributed by atoms with van der Waals surface area (Å²) >= 11 is 5.85. The van der Waals surface area contributed by atoms with E-state index in [4.69, 9.17) is 12.2 Å². The molecule has 0 unspecified atom stereocenters. The van der Waals surface area contributed by atoms with E-state index >= 15 is 0 Å². The molecule has 1 aliphatic heterocycles. The Morgan fingerprint density at radius 1 is 1.00 bits per heavy atom. The van der Waals surface area contributed by atoms with Crippen molar-refractivity contribution in [2.75, 3.05) is 0 Å². The fraction of sp³-hybridized carbons (Fsp3) is 0.333. The lowest BCUT2D eigenvalue weighted by Gasteiger charge is -2.37. The lowest BCUT2D eigenvalue weighted by atomic mass is 9.92. The summed E-state index contributed by atoms with van der Waals surface area (Å²) in [4.78, 5) is 7.02. The Balaban J connectivity index is 1.61. The van der Waals surface area contributed by atoms with E-state index in [1.165, 1.54) is 25.3 Å². The third-order valence-corrected chi connectivity index (χ3v) is 6.60. The molecule has 1 aliphatic carbocycles. The van der Waals surface area contributed by atoms with Crippen molar-refractivity contribution < 1.29 is 4.39 Å². The van der Waals surface area contributed by atoms with Gasteiger partial charge in [0.05, 0.1) is 17.8 Å². The van der Waals surface area contributed by atoms with Crippen molar-refractivity contribution >= 4 is 17.3 Å². The van der Waals surface area contributed by atoms with E-state index in [2.05, 4.69) is 25.8 Å². The van der Waals surface area contributed by atoms with E-state index in [9.17, 15) is 4.39 Å². The molecule has 1 aromatic carbocycles. The molecule has 3 heterocycles. The fourth-order valence-electron chi connectivity index (χ4n) is 4.93. The standard InChI is InChI=1S/C24H25FN4S/c25-17-8-6-11-19(16-17)28-15-7-13-21(28)23-22(20-12-4-5-14-26-20)27-24(30)29(23)18-9-2-1-3-10-18/h4-8,11-16,18,22-23H,1-3,9-10H2,(H,27,30)/t22-,23-/m0/s1. The minimum atomic E-state index is -0.238. The summed E-state index contributed by atoms with van der Waals surface area (Å²) in [5.41, 5.74) is 2.88. The van der Waals surface area contributed by atoms with E-state index in [1.54, 1.807) is 12.1 Å². The van der Waals surface area contributed by atoms with Crippen molar-refractivity contribution in [2.24, 2.45) is 0 Å². The van der Waals surface area contributed by atoms with Gasteiger partial charge in [-0.3, -0.25) is 4.98 Å². The van der Waals surface area contributed by atoms with Gasteiger partial charge in [0.1, 0.15) is 5.82 Å². The van der Waals surface area contributed by atoms with Crippen molar-refractivity contribution in [1.29, 1.82) is 0 Å². The third kappa shape index (κ3) is 3.49. The van der Waals surface area contributed by atoms with Crippen LogP contribution in [-0.2, 0) is 0 Å². The molecular formula is C24H25FN4S. The number of hydrogen-bond acceptors (Lipinski definition) is 2. The SMILES string of the molecule is Fc1cccc(-n2cccc2[C@H]2[C@H](c3ccccn3)NC(=S)N2C2CCCCC2)c1. The average Bonchev–Trinajstić information content (AvgIpc) is 3.39. The van der Waals surface area contributed by atoms with Gasteiger partial charge in [-0.2, -0.15) is 0 Å². The predicted octanol–water partition coefficient (Wildman–Crippen LogP) is 5.32. The van der Waals surface area contributed by atoms with Crippen molar-refractivity contribution in [1.82, 2.24) is 19.8 Å². The zero-order chi connectivity index (χ0) is 20.5. The molecule has 5 rings (SSSR count). The molecule has 30 heavy (non-hydrogen) atoms. The van der Waals surface area contributed by atoms with Gasteiger partial charge in [-0.1, -0.05) is 31.4 Å². The van der Waals surface area contributed by atoms with Gasteiger partial charge in [0, 0.05) is 29.8 Å². The van der Waals surface area contributed by atoms with Crippen LogP contribution in [-0.4, -0.2) is 25.6 Å². The van der Waals surface area contributed by atoms with Crippen molar-refractivity contribution in [3.05, 3.63) is 84.2 Å². The van der Waals surface area contributed by atoms with Crippen LogP contribution >= 0.6 is 12.2 Å². The van der Waals surface area contributed by atoms with Crippen LogP contribution in [0.1, 0.15) is 55.6 Å². The van der Waals surface area contributed by atoms with E-state index in [-0.39, 0.29) is 17.9 Å². The maximum absolute atomic E-state index is 14.0. The van der Waals surface area contributed by atoms with Gasteiger partial charge < -0.3 is 14.8 Å². The van der Waals surface area contributed by atoms with Crippen molar-refractivity contribution in [3.8, 4) is 5.69 Å². The number of nitrogens with zero attached hydrogens (tertiary/aromatic N) is 3. The Morgan fingerprint density at radius 3 is 2.63 bits per heavy atom. The molecule has 0 amide bonds. The number of aromatic nitrogens is 2. The number of hydrogen-bond donors (Lipinski definition) is 1. The molecule has 4 nitrogen and oxygen atoms in total. The first-order valence-corrected chi connectivity index (χ1v) is 11.1. The van der Waals surface area contributed by atoms with E-state index in [0.29, 0.717) is 6.04 Å². The van der Waals surface area contributed by atoms with Crippen LogP contribution in [0.25, 0.3) is 5.69 Å². The van der Waals surface area contributed by atoms with E-state index < -0.39 is 0 Å². The molecule has 2 fully saturated rings. The maximum atomic E-state index is 14.0. The molecule has 154 valence electrons. The number of rotatable bonds is 4. The molecular weight excluding hydrogens is 395 g/mol. The molecule has 1 saturated carbocycles. The Kier molecular flexibility index (Phi) is 5.25. The highest BCUT2D eigenvalue weighted by molar-refractivity contribution is 7.80. The van der Waals surface area contributed by atoms with Crippen LogP contribution in [0, 0.1) is 5.82 Å². The second-order valence-corrected chi connectivity index (χ2v) is 8.50. The second-order valence-electron chi connectivity index (χ2n) is 8.11. The van der Waals surface area contributed by atoms with Gasteiger partial charge in [-0.05, 0) is 67.5 Å². The van der Waals surface area contributed by atoms with Crippen LogP contribution in [0.4, 0.5) is 4.39 Å². The number of pyridine rings is 1. The van der Waals surface area contributed by atoms with Gasteiger partial charge >= 0.3 is 0 Å². The molecule has 3 aromatic rings. The van der Waals surface area contributed by atoms with Crippen molar-refractivity contribution in [2.45, 2.75) is 50.2 Å². The summed E-state index contributed by atoms with van der Waals surface area (Å²) in [5, 5.41) is 4.34. The third-order valence-electron chi connectivity index (χ3n) is 6.27. The topological polar surface area (TPSA) is 33.1 Å². The predicted molar refractivity (Wildman–Crippen MR) is 120 cm³/mol. The van der Waals surface area contributed by atoms with Crippen molar-refractivity contribution in [3.63, 3.8) is 0 Å². The summed E-state index contributed by atoms with van der Waals surface area (Å²) in [6, 6.07) is 17.2. The first-order valence-electron chi connectivity index (χ1n) is 10.7. The van der Waals surface area contributed by atoms with Gasteiger partial charge in [0.2, 0.25) is 0 Å². The van der Waals surface area contributed by atoms with Crippen LogP contribution in [0.15, 0.2) is 67.0 Å². The van der Waals surface area contributed by atoms with Gasteiger partial charge in [-0.15, -0.1) is 0 Å². The quantitative estimate of drug-likeness (QED) is 0.580. The minimum absolute atomic E-state index is 0.00577. The maximum Gasteiger partial charge on any atom is 0.170 e. The summed E-state index contributed by atoms with van der Waals surface area (Å²) in [6.45, 7) is 0. The highest BCUT2D eigenvalue weighted by atomic mass is 32.1. The Bertz CT molecular complexity index is 1030. The van der Waals surface area contributed by atoms with Crippen LogP contribution in [0.3, 0.4) is 0 Å². The first-order chi connectivity index (χ1) is 14.7. The number of benzene rings is 1. The lowest BCUT2D eigenvalue weighted by molar-refractivity contribution is 0.193. The average molecular weight is 421 g/mol. The first kappa shape index (κ1) is 19.2. The smallest absolute Gasteiger partial charge is 0.170 e. The normalized spacial score (nSPS) is 22.3. The Morgan fingerprint density at radius 2 is 1.87 bits per heavy atom. The van der Waals surface area contributed by atoms with Gasteiger partial charge in [0.15, 0.2) is 5.11 Å². The van der Waals surface area contributed by atoms with E-state index in [1.807, 2.05) is 42.7 Å². The fourth-order valence-corrected chi connectivity index (χ4v) is 5.32. The molecule has 0 bridgehead atoms. The highest BCUT2D eigenvalue weighted by Crippen LogP contribution is 2.43. The molecule has 0 radical (unpaired) electrons. The molecule has 1 saturated heterocycles. The monoisotopic (exact) mass is 420 g/mol. The lowest BCUT2D eigenvalue weighted by Crippen LogP contribution is -2.40. The summed E-state index contributed by atoms with van der Waals surface area (Å²) in [5.74, 6) is -0.238. The second kappa shape index (κ2) is 8.19. The molecule has 2 atom stereocenters. The zero-order valence-corrected chi connectivity index (χ0v) is 17.6. The highest BCUT2D eigenvalue weighted by Gasteiger charge is 2.44.